The molecule has 0 bridgehead atoms. The van der Waals surface area contributed by atoms with Crippen LogP contribution < -0.4 is 15.2 Å². The molecule has 0 saturated carbocycles. The van der Waals surface area contributed by atoms with E-state index in [1.807, 2.05) is 12.1 Å². The minimum absolute atomic E-state index is 0.315. The van der Waals surface area contributed by atoms with Crippen LogP contribution in [0, 0.1) is 0 Å². The van der Waals surface area contributed by atoms with Gasteiger partial charge in [0.25, 0.3) is 0 Å². The molecule has 15 heavy (non-hydrogen) atoms. The van der Waals surface area contributed by atoms with Crippen molar-refractivity contribution in [2.24, 2.45) is 5.73 Å². The molecule has 0 spiro atoms. The normalized spacial score (nSPS) is 16.2. The molecular weight excluding hydrogens is 258 g/mol. The quantitative estimate of drug-likeness (QED) is 0.898. The van der Waals surface area contributed by atoms with Crippen LogP contribution in [0.4, 0.5) is 0 Å². The fourth-order valence-electron chi connectivity index (χ4n) is 1.60. The molecule has 0 fully saturated rings. The van der Waals surface area contributed by atoms with Gasteiger partial charge in [-0.15, -0.1) is 0 Å². The Morgan fingerprint density at radius 2 is 2.13 bits per heavy atom. The molecule has 0 radical (unpaired) electrons. The summed E-state index contributed by atoms with van der Waals surface area (Å²) in [5, 5.41) is 0. The highest BCUT2D eigenvalue weighted by Crippen LogP contribution is 2.41. The molecule has 2 rings (SSSR count). The van der Waals surface area contributed by atoms with E-state index in [9.17, 15) is 0 Å². The Morgan fingerprint density at radius 1 is 1.40 bits per heavy atom. The summed E-state index contributed by atoms with van der Waals surface area (Å²) in [4.78, 5) is 0. The molecule has 1 aromatic carbocycles. The van der Waals surface area contributed by atoms with Crippen LogP contribution in [0.15, 0.2) is 16.6 Å². The van der Waals surface area contributed by atoms with Crippen LogP contribution in [0.25, 0.3) is 0 Å². The molecule has 1 unspecified atom stereocenters. The van der Waals surface area contributed by atoms with Gasteiger partial charge in [0.2, 0.25) is 0 Å². The summed E-state index contributed by atoms with van der Waals surface area (Å²) >= 11 is 3.55. The standard InChI is InChI=1S/C11H14BrNO2/c1-7(6-13)8-2-3-9-11(10(8)12)15-5-4-14-9/h2-3,7H,4-6,13H2,1H3. The van der Waals surface area contributed by atoms with Gasteiger partial charge in [-0.3, -0.25) is 0 Å². The van der Waals surface area contributed by atoms with Crippen LogP contribution in [-0.2, 0) is 0 Å². The first-order valence-corrected chi connectivity index (χ1v) is 5.81. The molecule has 0 aromatic heterocycles. The summed E-state index contributed by atoms with van der Waals surface area (Å²) in [6.45, 7) is 3.94. The fraction of sp³-hybridized carbons (Fsp3) is 0.455. The van der Waals surface area contributed by atoms with Gasteiger partial charge in [0.15, 0.2) is 11.5 Å². The van der Waals surface area contributed by atoms with E-state index in [-0.39, 0.29) is 0 Å². The lowest BCUT2D eigenvalue weighted by Gasteiger charge is -2.22. The van der Waals surface area contributed by atoms with E-state index in [1.165, 1.54) is 5.56 Å². The zero-order chi connectivity index (χ0) is 10.8. The van der Waals surface area contributed by atoms with Crippen LogP contribution >= 0.6 is 15.9 Å². The number of halogens is 1. The van der Waals surface area contributed by atoms with Crippen LogP contribution in [-0.4, -0.2) is 19.8 Å². The molecule has 1 aliphatic heterocycles. The van der Waals surface area contributed by atoms with Gasteiger partial charge in [0.05, 0.1) is 4.47 Å². The second-order valence-electron chi connectivity index (χ2n) is 3.63. The summed E-state index contributed by atoms with van der Waals surface area (Å²) in [6, 6.07) is 3.98. The van der Waals surface area contributed by atoms with Crippen molar-refractivity contribution in [2.75, 3.05) is 19.8 Å². The molecule has 0 amide bonds. The summed E-state index contributed by atoms with van der Waals surface area (Å²) in [6.07, 6.45) is 0. The van der Waals surface area contributed by atoms with Crippen LogP contribution in [0.5, 0.6) is 11.5 Å². The fourth-order valence-corrected chi connectivity index (χ4v) is 2.44. The smallest absolute Gasteiger partial charge is 0.175 e. The van der Waals surface area contributed by atoms with Gasteiger partial charge in [0.1, 0.15) is 13.2 Å². The summed E-state index contributed by atoms with van der Waals surface area (Å²) in [5.74, 6) is 1.93. The van der Waals surface area contributed by atoms with Crippen molar-refractivity contribution >= 4 is 15.9 Å². The number of hydrogen-bond acceptors (Lipinski definition) is 3. The van der Waals surface area contributed by atoms with E-state index in [1.54, 1.807) is 0 Å². The topological polar surface area (TPSA) is 44.5 Å². The molecule has 1 aromatic rings. The average Bonchev–Trinajstić information content (AvgIpc) is 2.29. The number of nitrogens with two attached hydrogens (primary N) is 1. The first-order valence-electron chi connectivity index (χ1n) is 5.02. The lowest BCUT2D eigenvalue weighted by atomic mass is 10.0. The van der Waals surface area contributed by atoms with E-state index in [2.05, 4.69) is 22.9 Å². The number of benzene rings is 1. The Hall–Kier alpha value is -0.740. The number of ether oxygens (including phenoxy) is 2. The van der Waals surface area contributed by atoms with E-state index in [4.69, 9.17) is 15.2 Å². The summed E-state index contributed by atoms with van der Waals surface area (Å²) < 4.78 is 12.0. The van der Waals surface area contributed by atoms with Gasteiger partial charge in [-0.25, -0.2) is 0 Å². The molecule has 4 heteroatoms. The van der Waals surface area contributed by atoms with Crippen molar-refractivity contribution in [1.82, 2.24) is 0 Å². The van der Waals surface area contributed by atoms with Crippen molar-refractivity contribution in [2.45, 2.75) is 12.8 Å². The predicted octanol–water partition coefficient (Wildman–Crippen LogP) is 2.28. The molecule has 1 atom stereocenters. The SMILES string of the molecule is CC(CN)c1ccc2c(c1Br)OCCO2. The van der Waals surface area contributed by atoms with Gasteiger partial charge in [-0.1, -0.05) is 13.0 Å². The lowest BCUT2D eigenvalue weighted by Crippen LogP contribution is -2.17. The van der Waals surface area contributed by atoms with Gasteiger partial charge in [-0.2, -0.15) is 0 Å². The van der Waals surface area contributed by atoms with E-state index in [0.717, 1.165) is 16.0 Å². The Balaban J connectivity index is 2.43. The zero-order valence-corrected chi connectivity index (χ0v) is 10.2. The van der Waals surface area contributed by atoms with Gasteiger partial charge in [0, 0.05) is 0 Å². The highest BCUT2D eigenvalue weighted by atomic mass is 79.9. The largest absolute Gasteiger partial charge is 0.486 e. The Bertz CT molecular complexity index is 368. The third-order valence-corrected chi connectivity index (χ3v) is 3.38. The Morgan fingerprint density at radius 3 is 2.87 bits per heavy atom. The molecule has 1 heterocycles. The summed E-state index contributed by atoms with van der Waals surface area (Å²) in [5.41, 5.74) is 6.82. The minimum Gasteiger partial charge on any atom is -0.486 e. The van der Waals surface area contributed by atoms with Gasteiger partial charge >= 0.3 is 0 Å². The van der Waals surface area contributed by atoms with E-state index < -0.39 is 0 Å². The Labute approximate surface area is 97.7 Å². The van der Waals surface area contributed by atoms with Crippen molar-refractivity contribution in [3.05, 3.63) is 22.2 Å². The van der Waals surface area contributed by atoms with E-state index in [0.29, 0.717) is 25.7 Å². The molecule has 0 saturated heterocycles. The first kappa shape index (κ1) is 10.8. The molecule has 3 nitrogen and oxygen atoms in total. The minimum atomic E-state index is 0.315. The molecule has 2 N–H and O–H groups in total. The zero-order valence-electron chi connectivity index (χ0n) is 8.63. The van der Waals surface area contributed by atoms with Gasteiger partial charge in [-0.05, 0) is 40.0 Å². The molecule has 82 valence electrons. The van der Waals surface area contributed by atoms with Crippen molar-refractivity contribution in [1.29, 1.82) is 0 Å². The van der Waals surface area contributed by atoms with Crippen molar-refractivity contribution in [3.8, 4) is 11.5 Å². The lowest BCUT2D eigenvalue weighted by molar-refractivity contribution is 0.170. The highest BCUT2D eigenvalue weighted by molar-refractivity contribution is 9.10. The van der Waals surface area contributed by atoms with Crippen LogP contribution in [0.3, 0.4) is 0 Å². The average molecular weight is 272 g/mol. The van der Waals surface area contributed by atoms with Crippen LogP contribution in [0.1, 0.15) is 18.4 Å². The number of fused-ring (bicyclic) bond motifs is 1. The third-order valence-electron chi connectivity index (χ3n) is 2.56. The maximum Gasteiger partial charge on any atom is 0.175 e. The molecule has 1 aliphatic rings. The van der Waals surface area contributed by atoms with Crippen molar-refractivity contribution in [3.63, 3.8) is 0 Å². The van der Waals surface area contributed by atoms with Crippen LogP contribution in [0.2, 0.25) is 0 Å². The number of rotatable bonds is 2. The first-order chi connectivity index (χ1) is 7.24. The summed E-state index contributed by atoms with van der Waals surface area (Å²) in [7, 11) is 0. The monoisotopic (exact) mass is 271 g/mol. The maximum atomic E-state index is 5.66. The predicted molar refractivity (Wildman–Crippen MR) is 62.6 cm³/mol. The maximum absolute atomic E-state index is 5.66. The second kappa shape index (κ2) is 4.41. The molecule has 0 aliphatic carbocycles. The third kappa shape index (κ3) is 1.96. The van der Waals surface area contributed by atoms with Gasteiger partial charge < -0.3 is 15.2 Å². The molecular formula is C11H14BrNO2. The number of hydrogen-bond donors (Lipinski definition) is 1. The Kier molecular flexibility index (Phi) is 3.17. The second-order valence-corrected chi connectivity index (χ2v) is 4.42. The van der Waals surface area contributed by atoms with Crippen molar-refractivity contribution < 1.29 is 9.47 Å². The highest BCUT2D eigenvalue weighted by Gasteiger charge is 2.19. The van der Waals surface area contributed by atoms with E-state index >= 15 is 0 Å².